The molecule has 0 fully saturated rings. The van der Waals surface area contributed by atoms with Gasteiger partial charge in [0, 0.05) is 31.5 Å². The molecule has 0 aliphatic carbocycles. The molecule has 3 aromatic heterocycles. The van der Waals surface area contributed by atoms with Crippen LogP contribution in [0.3, 0.4) is 0 Å². The number of aromatic nitrogens is 5. The Morgan fingerprint density at radius 2 is 2.10 bits per heavy atom. The maximum Gasteiger partial charge on any atom is 0.258 e. The van der Waals surface area contributed by atoms with E-state index in [9.17, 15) is 4.79 Å². The zero-order valence-corrected chi connectivity index (χ0v) is 11.6. The molecule has 21 heavy (non-hydrogen) atoms. The Kier molecular flexibility index (Phi) is 3.49. The lowest BCUT2D eigenvalue weighted by atomic mass is 10.3. The molecule has 7 heteroatoms. The van der Waals surface area contributed by atoms with Crippen LogP contribution in [0.15, 0.2) is 35.4 Å². The van der Waals surface area contributed by atoms with Gasteiger partial charge in [0.15, 0.2) is 0 Å². The van der Waals surface area contributed by atoms with Crippen molar-refractivity contribution in [1.82, 2.24) is 24.4 Å². The fourth-order valence-corrected chi connectivity index (χ4v) is 2.15. The molecule has 0 unspecified atom stereocenters. The van der Waals surface area contributed by atoms with E-state index >= 15 is 0 Å². The van der Waals surface area contributed by atoms with Crippen LogP contribution < -0.4 is 5.56 Å². The van der Waals surface area contributed by atoms with Crippen molar-refractivity contribution in [2.45, 2.75) is 19.9 Å². The smallest absolute Gasteiger partial charge is 0.258 e. The van der Waals surface area contributed by atoms with E-state index in [-0.39, 0.29) is 12.2 Å². The van der Waals surface area contributed by atoms with Crippen LogP contribution in [0.5, 0.6) is 0 Å². The van der Waals surface area contributed by atoms with E-state index in [4.69, 9.17) is 5.11 Å². The fraction of sp³-hybridized carbons (Fsp3) is 0.286. The molecule has 3 rings (SSSR count). The highest BCUT2D eigenvalue weighted by atomic mass is 16.3. The van der Waals surface area contributed by atoms with Gasteiger partial charge in [-0.3, -0.25) is 9.20 Å². The van der Waals surface area contributed by atoms with Gasteiger partial charge < -0.3 is 5.11 Å². The molecule has 0 aliphatic rings. The topological polar surface area (TPSA) is 85.3 Å². The van der Waals surface area contributed by atoms with Gasteiger partial charge in [0.05, 0.1) is 17.9 Å². The van der Waals surface area contributed by atoms with E-state index in [2.05, 4.69) is 15.3 Å². The zero-order chi connectivity index (χ0) is 14.8. The number of aliphatic hydroxyl groups is 1. The van der Waals surface area contributed by atoms with Crippen molar-refractivity contribution in [3.8, 4) is 0 Å². The summed E-state index contributed by atoms with van der Waals surface area (Å²) in [5.41, 5.74) is 2.84. The normalized spacial score (nSPS) is 11.1. The predicted molar refractivity (Wildman–Crippen MR) is 76.1 cm³/mol. The molecule has 7 nitrogen and oxygen atoms in total. The minimum absolute atomic E-state index is 0.0353. The number of hydrogen-bond acceptors (Lipinski definition) is 5. The third-order valence-corrected chi connectivity index (χ3v) is 3.14. The number of hydrogen-bond donors (Lipinski definition) is 1. The number of rotatable bonds is 4. The van der Waals surface area contributed by atoms with Gasteiger partial charge in [0.2, 0.25) is 0 Å². The number of nitrogens with zero attached hydrogens (tertiary/aromatic N) is 5. The van der Waals surface area contributed by atoms with E-state index in [1.165, 1.54) is 10.5 Å². The lowest BCUT2D eigenvalue weighted by Gasteiger charge is -2.04. The molecule has 0 saturated heterocycles. The van der Waals surface area contributed by atoms with Crippen LogP contribution in [0.2, 0.25) is 0 Å². The van der Waals surface area contributed by atoms with Gasteiger partial charge in [-0.15, -0.1) is 5.10 Å². The van der Waals surface area contributed by atoms with E-state index in [1.54, 1.807) is 17.1 Å². The first-order valence-electron chi connectivity index (χ1n) is 6.64. The Morgan fingerprint density at radius 3 is 2.90 bits per heavy atom. The molecule has 0 aliphatic heterocycles. The van der Waals surface area contributed by atoms with Gasteiger partial charge >= 0.3 is 0 Å². The van der Waals surface area contributed by atoms with Gasteiger partial charge in [-0.1, -0.05) is 11.3 Å². The van der Waals surface area contributed by atoms with Crippen molar-refractivity contribution in [2.24, 2.45) is 0 Å². The summed E-state index contributed by atoms with van der Waals surface area (Å²) in [7, 11) is 0. The summed E-state index contributed by atoms with van der Waals surface area (Å²) in [5.74, 6) is 0. The van der Waals surface area contributed by atoms with Crippen molar-refractivity contribution in [1.29, 1.82) is 0 Å². The van der Waals surface area contributed by atoms with Crippen LogP contribution in [-0.2, 0) is 13.0 Å². The first kappa shape index (κ1) is 13.4. The first-order valence-corrected chi connectivity index (χ1v) is 6.64. The Morgan fingerprint density at radius 1 is 1.24 bits per heavy atom. The summed E-state index contributed by atoms with van der Waals surface area (Å²) < 4.78 is 3.13. The van der Waals surface area contributed by atoms with E-state index < -0.39 is 0 Å². The van der Waals surface area contributed by atoms with Gasteiger partial charge in [0.25, 0.3) is 5.56 Å². The molecule has 0 radical (unpaired) electrons. The SMILES string of the molecule is Cc1ccc2nc(Cn3cc(CCO)nn3)cc(=O)n2c1. The lowest BCUT2D eigenvalue weighted by Crippen LogP contribution is -2.17. The predicted octanol–water partition coefficient (Wildman–Crippen LogP) is 0.178. The van der Waals surface area contributed by atoms with E-state index in [0.29, 0.717) is 30.0 Å². The summed E-state index contributed by atoms with van der Waals surface area (Å²) in [4.78, 5) is 16.5. The van der Waals surface area contributed by atoms with Crippen molar-refractivity contribution in [3.63, 3.8) is 0 Å². The van der Waals surface area contributed by atoms with Gasteiger partial charge in [0.1, 0.15) is 5.65 Å². The summed E-state index contributed by atoms with van der Waals surface area (Å²) >= 11 is 0. The average molecular weight is 285 g/mol. The number of aryl methyl sites for hydroxylation is 1. The Bertz CT molecular complexity index is 837. The molecule has 0 atom stereocenters. The third kappa shape index (κ3) is 2.82. The minimum atomic E-state index is -0.116. The highest BCUT2D eigenvalue weighted by molar-refractivity contribution is 5.39. The zero-order valence-electron chi connectivity index (χ0n) is 11.6. The van der Waals surface area contributed by atoms with Crippen molar-refractivity contribution in [2.75, 3.05) is 6.61 Å². The lowest BCUT2D eigenvalue weighted by molar-refractivity contribution is 0.298. The third-order valence-electron chi connectivity index (χ3n) is 3.14. The molecular weight excluding hydrogens is 270 g/mol. The average Bonchev–Trinajstić information content (AvgIpc) is 2.87. The van der Waals surface area contributed by atoms with E-state index in [1.807, 2.05) is 19.1 Å². The Hall–Kier alpha value is -2.54. The summed E-state index contributed by atoms with van der Waals surface area (Å²) in [6.07, 6.45) is 3.98. The highest BCUT2D eigenvalue weighted by Crippen LogP contribution is 2.04. The summed E-state index contributed by atoms with van der Waals surface area (Å²) in [5, 5.41) is 16.8. The van der Waals surface area contributed by atoms with Crippen LogP contribution >= 0.6 is 0 Å². The largest absolute Gasteiger partial charge is 0.396 e. The van der Waals surface area contributed by atoms with Crippen molar-refractivity contribution < 1.29 is 5.11 Å². The number of fused-ring (bicyclic) bond motifs is 1. The van der Waals surface area contributed by atoms with Crippen LogP contribution in [0.4, 0.5) is 0 Å². The minimum Gasteiger partial charge on any atom is -0.396 e. The molecule has 1 N–H and O–H groups in total. The molecule has 0 bridgehead atoms. The Labute approximate surface area is 120 Å². The second kappa shape index (κ2) is 5.45. The summed E-state index contributed by atoms with van der Waals surface area (Å²) in [6.45, 7) is 2.34. The second-order valence-electron chi connectivity index (χ2n) is 4.90. The molecule has 0 spiro atoms. The van der Waals surface area contributed by atoms with Crippen LogP contribution in [0, 0.1) is 6.92 Å². The molecule has 0 saturated carbocycles. The fourth-order valence-electron chi connectivity index (χ4n) is 2.15. The molecule has 108 valence electrons. The van der Waals surface area contributed by atoms with E-state index in [0.717, 1.165) is 5.56 Å². The molecular formula is C14H15N5O2. The monoisotopic (exact) mass is 285 g/mol. The first-order chi connectivity index (χ1) is 10.2. The molecule has 0 aromatic carbocycles. The maximum atomic E-state index is 12.1. The van der Waals surface area contributed by atoms with Crippen molar-refractivity contribution >= 4 is 5.65 Å². The molecule has 0 amide bonds. The van der Waals surface area contributed by atoms with Crippen LogP contribution in [0.1, 0.15) is 17.0 Å². The maximum absolute atomic E-state index is 12.1. The number of aliphatic hydroxyl groups excluding tert-OH is 1. The van der Waals surface area contributed by atoms with Gasteiger partial charge in [-0.2, -0.15) is 0 Å². The molecule has 3 aromatic rings. The van der Waals surface area contributed by atoms with Crippen LogP contribution in [-0.4, -0.2) is 36.1 Å². The van der Waals surface area contributed by atoms with Crippen molar-refractivity contribution in [3.05, 3.63) is 57.9 Å². The quantitative estimate of drug-likeness (QED) is 0.739. The summed E-state index contributed by atoms with van der Waals surface area (Å²) in [6, 6.07) is 5.24. The van der Waals surface area contributed by atoms with Crippen LogP contribution in [0.25, 0.3) is 5.65 Å². The second-order valence-corrected chi connectivity index (χ2v) is 4.90. The number of pyridine rings is 1. The van der Waals surface area contributed by atoms with Gasteiger partial charge in [-0.25, -0.2) is 9.67 Å². The molecule has 3 heterocycles. The Balaban J connectivity index is 1.93. The standard InChI is InChI=1S/C14H15N5O2/c1-10-2-3-13-15-12(6-14(21)19(13)7-10)9-18-8-11(4-5-20)16-17-18/h2-3,6-8,20H,4-5,9H2,1H3. The van der Waals surface area contributed by atoms with Gasteiger partial charge in [-0.05, 0) is 18.6 Å². The highest BCUT2D eigenvalue weighted by Gasteiger charge is 2.05.